The van der Waals surface area contributed by atoms with E-state index in [9.17, 15) is 9.59 Å². The molecule has 0 aromatic heterocycles. The van der Waals surface area contributed by atoms with E-state index in [4.69, 9.17) is 31.4 Å². The summed E-state index contributed by atoms with van der Waals surface area (Å²) in [7, 11) is 1.32. The van der Waals surface area contributed by atoms with Crippen molar-refractivity contribution in [2.45, 2.75) is 0 Å². The smallest absolute Gasteiger partial charge is 0.335 e. The van der Waals surface area contributed by atoms with E-state index in [0.717, 1.165) is 0 Å². The summed E-state index contributed by atoms with van der Waals surface area (Å²) in [5, 5.41) is 19.5. The van der Waals surface area contributed by atoms with Crippen molar-refractivity contribution in [1.82, 2.24) is 5.32 Å². The van der Waals surface area contributed by atoms with Crippen LogP contribution in [0.25, 0.3) is 0 Å². The molecule has 1 amide bonds. The number of carboxylic acids is 1. The molecule has 1 rings (SSSR count). The molecule has 0 saturated carbocycles. The summed E-state index contributed by atoms with van der Waals surface area (Å²) in [5.41, 5.74) is -0.0619. The Hall–Kier alpha value is -2.46. The van der Waals surface area contributed by atoms with Crippen molar-refractivity contribution in [2.75, 3.05) is 20.3 Å². The minimum atomic E-state index is -1.16. The Kier molecular flexibility index (Phi) is 5.62. The molecule has 0 bridgehead atoms. The van der Waals surface area contributed by atoms with Crippen molar-refractivity contribution >= 4 is 23.5 Å². The Labute approximate surface area is 119 Å². The molecule has 0 spiro atoms. The van der Waals surface area contributed by atoms with Crippen LogP contribution in [0.15, 0.2) is 12.1 Å². The standard InChI is InChI=1S/C12H11ClN2O5/c1-19-9-5-7(12(17)18)4-8(13)11(9)20-6-10(16)15-3-2-14/h4-5H,3,6H2,1H3,(H,15,16)(H,17,18). The maximum absolute atomic E-state index is 11.3. The van der Waals surface area contributed by atoms with E-state index >= 15 is 0 Å². The third-order valence-corrected chi connectivity index (χ3v) is 2.47. The molecule has 7 nitrogen and oxygen atoms in total. The Morgan fingerprint density at radius 2 is 2.20 bits per heavy atom. The topological polar surface area (TPSA) is 109 Å². The van der Waals surface area contributed by atoms with Crippen LogP contribution in [-0.2, 0) is 4.79 Å². The van der Waals surface area contributed by atoms with E-state index in [2.05, 4.69) is 5.32 Å². The summed E-state index contributed by atoms with van der Waals surface area (Å²) in [6, 6.07) is 4.17. The second kappa shape index (κ2) is 7.21. The van der Waals surface area contributed by atoms with Crippen molar-refractivity contribution in [3.63, 3.8) is 0 Å². The Balaban J connectivity index is 2.87. The van der Waals surface area contributed by atoms with Gasteiger partial charge < -0.3 is 19.9 Å². The van der Waals surface area contributed by atoms with Gasteiger partial charge in [0.15, 0.2) is 18.1 Å². The zero-order valence-corrected chi connectivity index (χ0v) is 11.2. The van der Waals surface area contributed by atoms with Crippen LogP contribution in [0.1, 0.15) is 10.4 Å². The van der Waals surface area contributed by atoms with Crippen molar-refractivity contribution in [3.8, 4) is 17.6 Å². The number of benzene rings is 1. The number of hydrogen-bond donors (Lipinski definition) is 2. The minimum Gasteiger partial charge on any atom is -0.493 e. The Bertz CT molecular complexity index is 568. The molecule has 8 heteroatoms. The minimum absolute atomic E-state index is 0.00910. The number of aromatic carboxylic acids is 1. The van der Waals surface area contributed by atoms with Gasteiger partial charge >= 0.3 is 5.97 Å². The maximum atomic E-state index is 11.3. The fourth-order valence-electron chi connectivity index (χ4n) is 1.31. The third-order valence-electron chi connectivity index (χ3n) is 2.19. The molecule has 1 aromatic rings. The Morgan fingerprint density at radius 3 is 2.75 bits per heavy atom. The van der Waals surface area contributed by atoms with Crippen LogP contribution in [0.3, 0.4) is 0 Å². The van der Waals surface area contributed by atoms with Gasteiger partial charge in [-0.1, -0.05) is 11.6 Å². The molecule has 0 aliphatic heterocycles. The number of nitriles is 1. The predicted molar refractivity (Wildman–Crippen MR) is 69.1 cm³/mol. The normalized spacial score (nSPS) is 9.45. The van der Waals surface area contributed by atoms with E-state index in [1.807, 2.05) is 0 Å². The van der Waals surface area contributed by atoms with E-state index in [-0.39, 0.29) is 35.2 Å². The van der Waals surface area contributed by atoms with Gasteiger partial charge in [-0.25, -0.2) is 4.79 Å². The van der Waals surface area contributed by atoms with Gasteiger partial charge in [0.05, 0.1) is 23.8 Å². The number of nitrogens with one attached hydrogen (secondary N) is 1. The first kappa shape index (κ1) is 15.6. The van der Waals surface area contributed by atoms with Gasteiger partial charge in [0, 0.05) is 0 Å². The molecule has 1 aromatic carbocycles. The SMILES string of the molecule is COc1cc(C(=O)O)cc(Cl)c1OCC(=O)NCC#N. The number of amides is 1. The largest absolute Gasteiger partial charge is 0.493 e. The molecule has 0 aliphatic carbocycles. The molecule has 0 fully saturated rings. The van der Waals surface area contributed by atoms with Crippen LogP contribution in [0, 0.1) is 11.3 Å². The average Bonchev–Trinajstić information content (AvgIpc) is 2.42. The number of carboxylic acid groups (broad SMARTS) is 1. The average molecular weight is 299 g/mol. The summed E-state index contributed by atoms with van der Waals surface area (Å²) >= 11 is 5.89. The van der Waals surface area contributed by atoms with Crippen LogP contribution < -0.4 is 14.8 Å². The lowest BCUT2D eigenvalue weighted by molar-refractivity contribution is -0.122. The highest BCUT2D eigenvalue weighted by Crippen LogP contribution is 2.36. The molecule has 2 N–H and O–H groups in total. The fraction of sp³-hybridized carbons (Fsp3) is 0.250. The monoisotopic (exact) mass is 298 g/mol. The van der Waals surface area contributed by atoms with Crippen LogP contribution in [0.5, 0.6) is 11.5 Å². The summed E-state index contributed by atoms with van der Waals surface area (Å²) in [4.78, 5) is 22.2. The molecule has 106 valence electrons. The number of carbonyl (C=O) groups is 2. The second-order valence-electron chi connectivity index (χ2n) is 3.52. The highest BCUT2D eigenvalue weighted by Gasteiger charge is 2.16. The summed E-state index contributed by atoms with van der Waals surface area (Å²) in [6.07, 6.45) is 0. The van der Waals surface area contributed by atoms with E-state index in [1.165, 1.54) is 19.2 Å². The highest BCUT2D eigenvalue weighted by atomic mass is 35.5. The number of halogens is 1. The Morgan fingerprint density at radius 1 is 1.50 bits per heavy atom. The van der Waals surface area contributed by atoms with Crippen LogP contribution in [0.2, 0.25) is 5.02 Å². The quantitative estimate of drug-likeness (QED) is 0.760. The zero-order valence-electron chi connectivity index (χ0n) is 10.5. The van der Waals surface area contributed by atoms with Crippen molar-refractivity contribution in [3.05, 3.63) is 22.7 Å². The van der Waals surface area contributed by atoms with Gasteiger partial charge in [-0.05, 0) is 12.1 Å². The molecular formula is C12H11ClN2O5. The van der Waals surface area contributed by atoms with Crippen LogP contribution in [0.4, 0.5) is 0 Å². The summed E-state index contributed by atoms with van der Waals surface area (Å²) < 4.78 is 10.2. The van der Waals surface area contributed by atoms with Crippen molar-refractivity contribution < 1.29 is 24.2 Å². The fourth-order valence-corrected chi connectivity index (χ4v) is 1.58. The van der Waals surface area contributed by atoms with Gasteiger partial charge in [-0.3, -0.25) is 4.79 Å². The lowest BCUT2D eigenvalue weighted by atomic mass is 10.2. The molecular weight excluding hydrogens is 288 g/mol. The van der Waals surface area contributed by atoms with Gasteiger partial charge in [0.25, 0.3) is 5.91 Å². The molecule has 0 unspecified atom stereocenters. The number of ether oxygens (including phenoxy) is 2. The van der Waals surface area contributed by atoms with E-state index in [0.29, 0.717) is 0 Å². The van der Waals surface area contributed by atoms with Gasteiger partial charge in [0.2, 0.25) is 0 Å². The maximum Gasteiger partial charge on any atom is 0.335 e. The van der Waals surface area contributed by atoms with Crippen LogP contribution in [-0.4, -0.2) is 37.2 Å². The number of hydrogen-bond acceptors (Lipinski definition) is 5. The molecule has 20 heavy (non-hydrogen) atoms. The highest BCUT2D eigenvalue weighted by molar-refractivity contribution is 6.32. The lowest BCUT2D eigenvalue weighted by Crippen LogP contribution is -2.29. The first-order chi connectivity index (χ1) is 9.49. The second-order valence-corrected chi connectivity index (χ2v) is 3.93. The first-order valence-electron chi connectivity index (χ1n) is 5.36. The summed E-state index contributed by atoms with van der Waals surface area (Å²) in [6.45, 7) is -0.505. The van der Waals surface area contributed by atoms with Crippen LogP contribution >= 0.6 is 11.6 Å². The molecule has 0 atom stereocenters. The van der Waals surface area contributed by atoms with Gasteiger partial charge in [-0.15, -0.1) is 0 Å². The number of carbonyl (C=O) groups excluding carboxylic acids is 1. The number of methoxy groups -OCH3 is 1. The molecule has 0 heterocycles. The third kappa shape index (κ3) is 4.03. The van der Waals surface area contributed by atoms with E-state index in [1.54, 1.807) is 6.07 Å². The molecule has 0 aliphatic rings. The van der Waals surface area contributed by atoms with Crippen molar-refractivity contribution in [1.29, 1.82) is 5.26 Å². The zero-order chi connectivity index (χ0) is 15.1. The molecule has 0 saturated heterocycles. The lowest BCUT2D eigenvalue weighted by Gasteiger charge is -2.12. The van der Waals surface area contributed by atoms with E-state index < -0.39 is 11.9 Å². The summed E-state index contributed by atoms with van der Waals surface area (Å²) in [5.74, 6) is -1.51. The van der Waals surface area contributed by atoms with Crippen molar-refractivity contribution in [2.24, 2.45) is 0 Å². The predicted octanol–water partition coefficient (Wildman–Crippen LogP) is 1.07. The molecule has 0 radical (unpaired) electrons. The van der Waals surface area contributed by atoms with Gasteiger partial charge in [-0.2, -0.15) is 5.26 Å². The number of nitrogens with zero attached hydrogens (tertiary/aromatic N) is 1. The first-order valence-corrected chi connectivity index (χ1v) is 5.74. The number of rotatable bonds is 6. The van der Waals surface area contributed by atoms with Gasteiger partial charge in [0.1, 0.15) is 6.54 Å².